The Balaban J connectivity index is 2.26. The van der Waals surface area contributed by atoms with E-state index in [9.17, 15) is 9.59 Å². The largest absolute Gasteiger partial charge is 0.340 e. The van der Waals surface area contributed by atoms with Crippen LogP contribution in [0.1, 0.15) is 72.6 Å². The minimum Gasteiger partial charge on any atom is -0.340 e. The molecule has 3 atom stereocenters. The van der Waals surface area contributed by atoms with Crippen molar-refractivity contribution in [2.45, 2.75) is 90.3 Å². The third-order valence-corrected chi connectivity index (χ3v) is 5.63. The first-order chi connectivity index (χ1) is 9.95. The Morgan fingerprint density at radius 3 is 2.38 bits per heavy atom. The van der Waals surface area contributed by atoms with Crippen LogP contribution < -0.4 is 5.32 Å². The maximum Gasteiger partial charge on any atom is 0.249 e. The van der Waals surface area contributed by atoms with E-state index >= 15 is 0 Å². The molecule has 1 aliphatic heterocycles. The maximum absolute atomic E-state index is 13.1. The van der Waals surface area contributed by atoms with E-state index in [4.69, 9.17) is 0 Å². The van der Waals surface area contributed by atoms with Gasteiger partial charge in [-0.05, 0) is 44.9 Å². The number of nitrogens with one attached hydrogen (secondary N) is 1. The predicted molar refractivity (Wildman–Crippen MR) is 83.8 cm³/mol. The zero-order valence-electron chi connectivity index (χ0n) is 13.9. The van der Waals surface area contributed by atoms with Gasteiger partial charge < -0.3 is 10.2 Å². The van der Waals surface area contributed by atoms with Crippen LogP contribution in [0.3, 0.4) is 0 Å². The molecule has 1 heterocycles. The van der Waals surface area contributed by atoms with Crippen molar-refractivity contribution in [1.82, 2.24) is 10.2 Å². The third kappa shape index (κ3) is 2.95. The van der Waals surface area contributed by atoms with Crippen LogP contribution in [-0.4, -0.2) is 34.3 Å². The Kier molecular flexibility index (Phi) is 4.95. The SMILES string of the molecule is CCC1(CC)NC(=O)C(C)N(C2CCCC(C)CC2)C1=O. The third-order valence-electron chi connectivity index (χ3n) is 5.63. The molecule has 1 saturated carbocycles. The standard InChI is InChI=1S/C17H30N2O2/c1-5-17(6-2)16(21)19(13(4)15(20)18-17)14-9-7-8-12(3)10-11-14/h12-14H,5-11H2,1-4H3,(H,18,20). The minimum absolute atomic E-state index is 0.00981. The van der Waals surface area contributed by atoms with Crippen molar-refractivity contribution in [3.8, 4) is 0 Å². The molecule has 0 aromatic carbocycles. The highest BCUT2D eigenvalue weighted by molar-refractivity contribution is 5.99. The zero-order valence-corrected chi connectivity index (χ0v) is 13.9. The van der Waals surface area contributed by atoms with Crippen LogP contribution in [0.15, 0.2) is 0 Å². The summed E-state index contributed by atoms with van der Waals surface area (Å²) in [5, 5.41) is 2.99. The van der Waals surface area contributed by atoms with Crippen molar-refractivity contribution in [1.29, 1.82) is 0 Å². The van der Waals surface area contributed by atoms with Gasteiger partial charge in [-0.15, -0.1) is 0 Å². The first kappa shape index (κ1) is 16.3. The molecule has 1 saturated heterocycles. The molecule has 120 valence electrons. The molecule has 0 aromatic heterocycles. The van der Waals surface area contributed by atoms with Crippen molar-refractivity contribution >= 4 is 11.8 Å². The molecule has 21 heavy (non-hydrogen) atoms. The number of carbonyl (C=O) groups excluding carboxylic acids is 2. The summed E-state index contributed by atoms with van der Waals surface area (Å²) < 4.78 is 0. The number of amides is 2. The number of hydrogen-bond acceptors (Lipinski definition) is 2. The van der Waals surface area contributed by atoms with E-state index in [0.717, 1.165) is 31.6 Å². The van der Waals surface area contributed by atoms with Gasteiger partial charge in [-0.1, -0.05) is 33.6 Å². The summed E-state index contributed by atoms with van der Waals surface area (Å²) in [7, 11) is 0. The zero-order chi connectivity index (χ0) is 15.6. The van der Waals surface area contributed by atoms with Gasteiger partial charge in [0.2, 0.25) is 11.8 Å². The second kappa shape index (κ2) is 6.37. The van der Waals surface area contributed by atoms with Crippen molar-refractivity contribution in [2.24, 2.45) is 5.92 Å². The molecule has 0 spiro atoms. The van der Waals surface area contributed by atoms with Gasteiger partial charge in [-0.25, -0.2) is 0 Å². The molecule has 1 N–H and O–H groups in total. The summed E-state index contributed by atoms with van der Waals surface area (Å²) in [5.74, 6) is 0.885. The van der Waals surface area contributed by atoms with Gasteiger partial charge in [0.25, 0.3) is 0 Å². The first-order valence-corrected chi connectivity index (χ1v) is 8.60. The average Bonchev–Trinajstić information content (AvgIpc) is 2.68. The van der Waals surface area contributed by atoms with Crippen LogP contribution in [0.25, 0.3) is 0 Å². The van der Waals surface area contributed by atoms with Crippen molar-refractivity contribution < 1.29 is 9.59 Å². The van der Waals surface area contributed by atoms with E-state index in [2.05, 4.69) is 12.2 Å². The maximum atomic E-state index is 13.1. The van der Waals surface area contributed by atoms with Crippen LogP contribution in [0.2, 0.25) is 0 Å². The predicted octanol–water partition coefficient (Wildman–Crippen LogP) is 2.86. The van der Waals surface area contributed by atoms with Crippen LogP contribution >= 0.6 is 0 Å². The number of piperazine rings is 1. The fraction of sp³-hybridized carbons (Fsp3) is 0.882. The summed E-state index contributed by atoms with van der Waals surface area (Å²) in [4.78, 5) is 27.4. The molecule has 4 nitrogen and oxygen atoms in total. The van der Waals surface area contributed by atoms with E-state index < -0.39 is 5.54 Å². The highest BCUT2D eigenvalue weighted by atomic mass is 16.2. The molecule has 2 rings (SSSR count). The minimum atomic E-state index is -0.679. The van der Waals surface area contributed by atoms with Crippen LogP contribution in [0.4, 0.5) is 0 Å². The lowest BCUT2D eigenvalue weighted by molar-refractivity contribution is -0.158. The van der Waals surface area contributed by atoms with Gasteiger partial charge in [-0.3, -0.25) is 9.59 Å². The Morgan fingerprint density at radius 2 is 1.76 bits per heavy atom. The summed E-state index contributed by atoms with van der Waals surface area (Å²) in [6.45, 7) is 8.14. The first-order valence-electron chi connectivity index (χ1n) is 8.60. The summed E-state index contributed by atoms with van der Waals surface area (Å²) in [6, 6.07) is -0.0943. The van der Waals surface area contributed by atoms with Crippen molar-refractivity contribution in [3.63, 3.8) is 0 Å². The second-order valence-corrected chi connectivity index (χ2v) is 6.93. The quantitative estimate of drug-likeness (QED) is 0.814. The van der Waals surface area contributed by atoms with E-state index in [-0.39, 0.29) is 23.9 Å². The Morgan fingerprint density at radius 1 is 1.10 bits per heavy atom. The molecule has 0 bridgehead atoms. The molecule has 0 aromatic rings. The van der Waals surface area contributed by atoms with Gasteiger partial charge in [0.1, 0.15) is 11.6 Å². The van der Waals surface area contributed by atoms with Crippen LogP contribution in [0.5, 0.6) is 0 Å². The smallest absolute Gasteiger partial charge is 0.249 e. The van der Waals surface area contributed by atoms with E-state index in [1.54, 1.807) is 0 Å². The van der Waals surface area contributed by atoms with Crippen LogP contribution in [0, 0.1) is 5.92 Å². The molecular weight excluding hydrogens is 264 g/mol. The van der Waals surface area contributed by atoms with E-state index in [0.29, 0.717) is 12.8 Å². The average molecular weight is 294 g/mol. The lowest BCUT2D eigenvalue weighted by Gasteiger charge is -2.47. The normalized spacial score (nSPS) is 33.5. The fourth-order valence-corrected chi connectivity index (χ4v) is 3.90. The Hall–Kier alpha value is -1.06. The molecule has 4 heteroatoms. The molecule has 3 unspecified atom stereocenters. The summed E-state index contributed by atoms with van der Waals surface area (Å²) >= 11 is 0. The lowest BCUT2D eigenvalue weighted by atomic mass is 9.85. The highest BCUT2D eigenvalue weighted by Crippen LogP contribution is 2.32. The molecular formula is C17H30N2O2. The summed E-state index contributed by atoms with van der Waals surface area (Å²) in [6.07, 6.45) is 6.97. The molecule has 1 aliphatic carbocycles. The monoisotopic (exact) mass is 294 g/mol. The second-order valence-electron chi connectivity index (χ2n) is 6.93. The van der Waals surface area contributed by atoms with Crippen molar-refractivity contribution in [2.75, 3.05) is 0 Å². The number of rotatable bonds is 3. The van der Waals surface area contributed by atoms with Gasteiger partial charge >= 0.3 is 0 Å². The number of hydrogen-bond donors (Lipinski definition) is 1. The highest BCUT2D eigenvalue weighted by Gasteiger charge is 2.49. The van der Waals surface area contributed by atoms with E-state index in [1.807, 2.05) is 25.7 Å². The van der Waals surface area contributed by atoms with Gasteiger partial charge in [0, 0.05) is 6.04 Å². The Bertz CT molecular complexity index is 404. The Labute approximate surface area is 128 Å². The van der Waals surface area contributed by atoms with Gasteiger partial charge in [0.15, 0.2) is 0 Å². The van der Waals surface area contributed by atoms with Crippen molar-refractivity contribution in [3.05, 3.63) is 0 Å². The summed E-state index contributed by atoms with van der Waals surface area (Å²) in [5.41, 5.74) is -0.679. The van der Waals surface area contributed by atoms with Crippen LogP contribution in [-0.2, 0) is 9.59 Å². The topological polar surface area (TPSA) is 49.4 Å². The van der Waals surface area contributed by atoms with Gasteiger partial charge in [-0.2, -0.15) is 0 Å². The fourth-order valence-electron chi connectivity index (χ4n) is 3.90. The lowest BCUT2D eigenvalue weighted by Crippen LogP contribution is -2.71. The molecule has 2 amide bonds. The number of carbonyl (C=O) groups is 2. The van der Waals surface area contributed by atoms with E-state index in [1.165, 1.54) is 6.42 Å². The molecule has 2 aliphatic rings. The molecule has 2 fully saturated rings. The number of nitrogens with zero attached hydrogens (tertiary/aromatic N) is 1. The van der Waals surface area contributed by atoms with Gasteiger partial charge in [0.05, 0.1) is 0 Å². The molecule has 0 radical (unpaired) electrons.